The summed E-state index contributed by atoms with van der Waals surface area (Å²) in [5, 5.41) is 10.5. The Morgan fingerprint density at radius 2 is 1.84 bits per heavy atom. The number of rotatable bonds is 4. The average Bonchev–Trinajstić information content (AvgIpc) is 3.21. The van der Waals surface area contributed by atoms with Crippen molar-refractivity contribution in [2.45, 2.75) is 64.2 Å². The predicted molar refractivity (Wildman–Crippen MR) is 122 cm³/mol. The first-order valence-corrected chi connectivity index (χ1v) is 11.4. The lowest BCUT2D eigenvalue weighted by atomic mass is 9.53. The van der Waals surface area contributed by atoms with Crippen molar-refractivity contribution < 1.29 is 18.7 Å². The van der Waals surface area contributed by atoms with Gasteiger partial charge in [-0.05, 0) is 97.2 Å². The molecule has 32 heavy (non-hydrogen) atoms. The third kappa shape index (κ3) is 3.62. The molecule has 2 unspecified atom stereocenters. The molecule has 3 nitrogen and oxygen atoms in total. The van der Waals surface area contributed by atoms with E-state index in [0.29, 0.717) is 5.92 Å². The van der Waals surface area contributed by atoms with Gasteiger partial charge in [0.25, 0.3) is 0 Å². The van der Waals surface area contributed by atoms with E-state index in [9.17, 15) is 18.7 Å². The molecule has 5 rings (SSSR count). The van der Waals surface area contributed by atoms with Gasteiger partial charge in [0.15, 0.2) is 0 Å². The zero-order chi connectivity index (χ0) is 22.7. The van der Waals surface area contributed by atoms with Crippen molar-refractivity contribution in [2.75, 3.05) is 0 Å². The van der Waals surface area contributed by atoms with Gasteiger partial charge in [0.1, 0.15) is 0 Å². The number of carbonyl (C=O) groups is 1. The van der Waals surface area contributed by atoms with Crippen LogP contribution < -0.4 is 0 Å². The summed E-state index contributed by atoms with van der Waals surface area (Å²) in [6.45, 7) is 4.27. The summed E-state index contributed by atoms with van der Waals surface area (Å²) in [5.74, 6) is -2.99. The highest BCUT2D eigenvalue weighted by Gasteiger charge is 2.58. The Kier molecular flexibility index (Phi) is 4.92. The van der Waals surface area contributed by atoms with Gasteiger partial charge in [-0.2, -0.15) is 0 Å². The minimum Gasteiger partial charge on any atom is -0.478 e. The number of carboxylic acids is 1. The number of halogens is 2. The molecule has 1 spiro atoms. The highest BCUT2D eigenvalue weighted by atomic mass is 19.3. The molecule has 0 aliphatic heterocycles. The van der Waals surface area contributed by atoms with Gasteiger partial charge < -0.3 is 10.1 Å². The Hall–Kier alpha value is -2.69. The summed E-state index contributed by atoms with van der Waals surface area (Å²) in [6.07, 6.45) is 5.37. The Bertz CT molecular complexity index is 1170. The van der Waals surface area contributed by atoms with E-state index in [1.54, 1.807) is 12.1 Å². The summed E-state index contributed by atoms with van der Waals surface area (Å²) >= 11 is 0. The van der Waals surface area contributed by atoms with Crippen LogP contribution in [0.5, 0.6) is 0 Å². The highest BCUT2D eigenvalue weighted by Crippen LogP contribution is 2.62. The fraction of sp³-hybridized carbons (Fsp3) is 0.444. The average molecular weight is 438 g/mol. The summed E-state index contributed by atoms with van der Waals surface area (Å²) in [4.78, 5) is 14.7. The SMILES string of the molecule is Cc1cc(C)c2[nH]ccc2c1CC1CCC2(CC1c1ccc(C(=O)O)cc1)CC(F)(F)C2. The second-order valence-corrected chi connectivity index (χ2v) is 10.2. The number of H-pyrrole nitrogens is 1. The van der Waals surface area contributed by atoms with Crippen LogP contribution in [0.1, 0.15) is 70.6 Å². The third-order valence-corrected chi connectivity index (χ3v) is 7.96. The van der Waals surface area contributed by atoms with E-state index in [0.717, 1.165) is 31.2 Å². The Balaban J connectivity index is 1.49. The number of nitrogens with one attached hydrogen (secondary N) is 1. The summed E-state index contributed by atoms with van der Waals surface area (Å²) in [5.41, 5.74) is 6.05. The number of fused-ring (bicyclic) bond motifs is 1. The molecule has 0 bridgehead atoms. The summed E-state index contributed by atoms with van der Waals surface area (Å²) < 4.78 is 27.7. The first kappa shape index (κ1) is 21.2. The van der Waals surface area contributed by atoms with Crippen LogP contribution in [-0.4, -0.2) is 22.0 Å². The maximum atomic E-state index is 13.8. The molecule has 0 saturated heterocycles. The molecule has 2 saturated carbocycles. The van der Waals surface area contributed by atoms with E-state index >= 15 is 0 Å². The van der Waals surface area contributed by atoms with Crippen LogP contribution in [0, 0.1) is 25.2 Å². The number of hydrogen-bond donors (Lipinski definition) is 2. The summed E-state index contributed by atoms with van der Waals surface area (Å²) in [7, 11) is 0. The van der Waals surface area contributed by atoms with Crippen LogP contribution in [0.15, 0.2) is 42.6 Å². The number of aromatic amines is 1. The number of aromatic nitrogens is 1. The minimum absolute atomic E-state index is 0.0119. The highest BCUT2D eigenvalue weighted by molar-refractivity contribution is 5.88. The molecule has 1 heterocycles. The molecule has 5 heteroatoms. The van der Waals surface area contributed by atoms with Gasteiger partial charge >= 0.3 is 5.97 Å². The molecular weight excluding hydrogens is 408 g/mol. The van der Waals surface area contributed by atoms with Crippen LogP contribution in [-0.2, 0) is 6.42 Å². The van der Waals surface area contributed by atoms with Gasteiger partial charge in [-0.1, -0.05) is 18.2 Å². The standard InChI is InChI=1S/C27H29F2NO2/c1-16-11-17(2)24-21(8-10-30-24)22(16)12-20-7-9-26(14-27(28,29)15-26)13-23(20)18-3-5-19(6-4-18)25(31)32/h3-6,8,10-11,20,23,30H,7,9,12-15H2,1-2H3,(H,31,32). The quantitative estimate of drug-likeness (QED) is 0.461. The number of aromatic carboxylic acids is 1. The monoisotopic (exact) mass is 437 g/mol. The lowest BCUT2D eigenvalue weighted by Crippen LogP contribution is -2.49. The molecule has 2 aliphatic rings. The number of aryl methyl sites for hydroxylation is 2. The molecule has 168 valence electrons. The van der Waals surface area contributed by atoms with E-state index < -0.39 is 11.9 Å². The number of benzene rings is 2. The van der Waals surface area contributed by atoms with E-state index in [1.165, 1.54) is 27.6 Å². The van der Waals surface area contributed by atoms with Crippen LogP contribution >= 0.6 is 0 Å². The van der Waals surface area contributed by atoms with Crippen molar-refractivity contribution in [3.05, 3.63) is 70.4 Å². The summed E-state index contributed by atoms with van der Waals surface area (Å²) in [6, 6.07) is 11.4. The topological polar surface area (TPSA) is 53.1 Å². The van der Waals surface area contributed by atoms with Gasteiger partial charge in [0.2, 0.25) is 5.92 Å². The molecule has 2 fully saturated rings. The van der Waals surface area contributed by atoms with Gasteiger partial charge in [0.05, 0.1) is 5.56 Å². The second-order valence-electron chi connectivity index (χ2n) is 10.2. The second kappa shape index (κ2) is 7.43. The van der Waals surface area contributed by atoms with Gasteiger partial charge in [-0.3, -0.25) is 0 Å². The van der Waals surface area contributed by atoms with Crippen molar-refractivity contribution in [1.29, 1.82) is 0 Å². The van der Waals surface area contributed by atoms with E-state index in [2.05, 4.69) is 31.0 Å². The van der Waals surface area contributed by atoms with Gasteiger partial charge in [0, 0.05) is 29.9 Å². The number of alkyl halides is 2. The van der Waals surface area contributed by atoms with Crippen molar-refractivity contribution in [1.82, 2.24) is 4.98 Å². The molecule has 2 aromatic carbocycles. The molecule has 1 aromatic heterocycles. The normalized spacial score (nSPS) is 23.9. The Morgan fingerprint density at radius 3 is 2.50 bits per heavy atom. The largest absolute Gasteiger partial charge is 0.478 e. The minimum atomic E-state index is -2.53. The first-order valence-electron chi connectivity index (χ1n) is 11.4. The van der Waals surface area contributed by atoms with Crippen LogP contribution in [0.3, 0.4) is 0 Å². The molecule has 2 atom stereocenters. The van der Waals surface area contributed by atoms with Crippen molar-refractivity contribution in [3.63, 3.8) is 0 Å². The maximum Gasteiger partial charge on any atom is 0.335 e. The van der Waals surface area contributed by atoms with Crippen LogP contribution in [0.25, 0.3) is 10.9 Å². The molecule has 2 aliphatic carbocycles. The molecule has 3 aromatic rings. The fourth-order valence-electron chi connectivity index (χ4n) is 6.48. The Labute approximate surface area is 186 Å². The van der Waals surface area contributed by atoms with E-state index in [-0.39, 0.29) is 29.7 Å². The van der Waals surface area contributed by atoms with Crippen molar-refractivity contribution in [2.24, 2.45) is 11.3 Å². The van der Waals surface area contributed by atoms with Gasteiger partial charge in [-0.25, -0.2) is 13.6 Å². The molecule has 0 amide bonds. The van der Waals surface area contributed by atoms with Crippen LogP contribution in [0.2, 0.25) is 0 Å². The van der Waals surface area contributed by atoms with Crippen LogP contribution in [0.4, 0.5) is 8.78 Å². The van der Waals surface area contributed by atoms with E-state index in [4.69, 9.17) is 0 Å². The van der Waals surface area contributed by atoms with Crippen molar-refractivity contribution in [3.8, 4) is 0 Å². The maximum absolute atomic E-state index is 13.8. The third-order valence-electron chi connectivity index (χ3n) is 7.96. The first-order chi connectivity index (χ1) is 15.2. The van der Waals surface area contributed by atoms with E-state index in [1.807, 2.05) is 18.3 Å². The zero-order valence-corrected chi connectivity index (χ0v) is 18.6. The predicted octanol–water partition coefficient (Wildman–Crippen LogP) is 7.02. The lowest BCUT2D eigenvalue weighted by Gasteiger charge is -2.54. The molecule has 0 radical (unpaired) electrons. The fourth-order valence-corrected chi connectivity index (χ4v) is 6.48. The number of carboxylic acid groups (broad SMARTS) is 1. The van der Waals surface area contributed by atoms with Gasteiger partial charge in [-0.15, -0.1) is 0 Å². The number of hydrogen-bond acceptors (Lipinski definition) is 1. The van der Waals surface area contributed by atoms with Crippen molar-refractivity contribution >= 4 is 16.9 Å². The molecule has 2 N–H and O–H groups in total. The smallest absolute Gasteiger partial charge is 0.335 e. The zero-order valence-electron chi connectivity index (χ0n) is 18.6. The Morgan fingerprint density at radius 1 is 1.12 bits per heavy atom. The molecular formula is C27H29F2NO2. The lowest BCUT2D eigenvalue weighted by molar-refractivity contribution is -0.178.